The molecule has 1 fully saturated rings. The molecule has 4 heteroatoms. The SMILES string of the molecule is CNCC1CCCN1CCc1ccnn1C. The zero-order chi connectivity index (χ0) is 11.4. The first-order chi connectivity index (χ1) is 7.81. The maximum absolute atomic E-state index is 4.20. The van der Waals surface area contributed by atoms with Crippen molar-refractivity contribution in [3.8, 4) is 0 Å². The van der Waals surface area contributed by atoms with Crippen LogP contribution in [0.3, 0.4) is 0 Å². The van der Waals surface area contributed by atoms with E-state index in [4.69, 9.17) is 0 Å². The molecule has 0 saturated carbocycles. The van der Waals surface area contributed by atoms with Crippen molar-refractivity contribution >= 4 is 0 Å². The van der Waals surface area contributed by atoms with Crippen LogP contribution >= 0.6 is 0 Å². The third-order valence-electron chi connectivity index (χ3n) is 3.52. The van der Waals surface area contributed by atoms with Crippen molar-refractivity contribution in [3.05, 3.63) is 18.0 Å². The molecule has 0 bridgehead atoms. The Morgan fingerprint density at radius 1 is 1.56 bits per heavy atom. The standard InChI is InChI=1S/C12H22N4/c1-13-10-12-4-3-8-16(12)9-6-11-5-7-14-15(11)2/h5,7,12-13H,3-4,6,8-10H2,1-2H3. The summed E-state index contributed by atoms with van der Waals surface area (Å²) in [6.07, 6.45) is 5.67. The van der Waals surface area contributed by atoms with Gasteiger partial charge >= 0.3 is 0 Å². The van der Waals surface area contributed by atoms with E-state index in [0.29, 0.717) is 0 Å². The summed E-state index contributed by atoms with van der Waals surface area (Å²) in [4.78, 5) is 2.60. The van der Waals surface area contributed by atoms with E-state index in [1.165, 1.54) is 25.1 Å². The Morgan fingerprint density at radius 3 is 3.12 bits per heavy atom. The fraction of sp³-hybridized carbons (Fsp3) is 0.750. The topological polar surface area (TPSA) is 33.1 Å². The van der Waals surface area contributed by atoms with E-state index in [9.17, 15) is 0 Å². The highest BCUT2D eigenvalue weighted by atomic mass is 15.3. The molecule has 0 radical (unpaired) electrons. The highest BCUT2D eigenvalue weighted by molar-refractivity contribution is 5.00. The van der Waals surface area contributed by atoms with Crippen molar-refractivity contribution in [2.75, 3.05) is 26.7 Å². The molecule has 16 heavy (non-hydrogen) atoms. The molecule has 0 aromatic carbocycles. The van der Waals surface area contributed by atoms with E-state index < -0.39 is 0 Å². The van der Waals surface area contributed by atoms with E-state index in [2.05, 4.69) is 21.4 Å². The van der Waals surface area contributed by atoms with E-state index >= 15 is 0 Å². The van der Waals surface area contributed by atoms with Crippen molar-refractivity contribution < 1.29 is 0 Å². The summed E-state index contributed by atoms with van der Waals surface area (Å²) in [6.45, 7) is 3.53. The molecule has 90 valence electrons. The third-order valence-corrected chi connectivity index (χ3v) is 3.52. The first kappa shape index (κ1) is 11.6. The fourth-order valence-electron chi connectivity index (χ4n) is 2.56. The van der Waals surface area contributed by atoms with Crippen molar-refractivity contribution in [3.63, 3.8) is 0 Å². The first-order valence-electron chi connectivity index (χ1n) is 6.17. The summed E-state index contributed by atoms with van der Waals surface area (Å²) < 4.78 is 1.98. The van der Waals surface area contributed by atoms with Crippen LogP contribution < -0.4 is 5.32 Å². The second kappa shape index (κ2) is 5.46. The molecule has 1 aliphatic rings. The number of hydrogen-bond acceptors (Lipinski definition) is 3. The number of nitrogens with one attached hydrogen (secondary N) is 1. The molecule has 0 amide bonds. The van der Waals surface area contributed by atoms with Gasteiger partial charge in [0.2, 0.25) is 0 Å². The van der Waals surface area contributed by atoms with Gasteiger partial charge in [-0.25, -0.2) is 0 Å². The molecule has 1 atom stereocenters. The maximum atomic E-state index is 4.20. The van der Waals surface area contributed by atoms with Crippen LogP contribution in [0.1, 0.15) is 18.5 Å². The smallest absolute Gasteiger partial charge is 0.0492 e. The van der Waals surface area contributed by atoms with Gasteiger partial charge in [0.15, 0.2) is 0 Å². The van der Waals surface area contributed by atoms with E-state index in [0.717, 1.165) is 25.6 Å². The maximum Gasteiger partial charge on any atom is 0.0492 e. The van der Waals surface area contributed by atoms with Crippen LogP contribution in [0.15, 0.2) is 12.3 Å². The number of likely N-dealkylation sites (tertiary alicyclic amines) is 1. The number of rotatable bonds is 5. The van der Waals surface area contributed by atoms with Crippen molar-refractivity contribution in [2.45, 2.75) is 25.3 Å². The van der Waals surface area contributed by atoms with Gasteiger partial charge in [-0.15, -0.1) is 0 Å². The zero-order valence-corrected chi connectivity index (χ0v) is 10.3. The highest BCUT2D eigenvalue weighted by Crippen LogP contribution is 2.16. The van der Waals surface area contributed by atoms with Gasteiger partial charge in [0.1, 0.15) is 0 Å². The molecule has 1 saturated heterocycles. The second-order valence-electron chi connectivity index (χ2n) is 4.59. The Labute approximate surface area is 97.6 Å². The predicted molar refractivity (Wildman–Crippen MR) is 65.4 cm³/mol. The van der Waals surface area contributed by atoms with Crippen LogP contribution in [0.2, 0.25) is 0 Å². The molecule has 0 spiro atoms. The van der Waals surface area contributed by atoms with Crippen LogP contribution in [0.5, 0.6) is 0 Å². The zero-order valence-electron chi connectivity index (χ0n) is 10.3. The minimum atomic E-state index is 0.734. The van der Waals surface area contributed by atoms with Crippen LogP contribution in [0.25, 0.3) is 0 Å². The van der Waals surface area contributed by atoms with Crippen molar-refractivity contribution in [1.82, 2.24) is 20.0 Å². The molecule has 1 aromatic rings. The Balaban J connectivity index is 1.83. The summed E-state index contributed by atoms with van der Waals surface area (Å²) in [5.74, 6) is 0. The molecule has 1 unspecified atom stereocenters. The summed E-state index contributed by atoms with van der Waals surface area (Å²) in [6, 6.07) is 2.85. The summed E-state index contributed by atoms with van der Waals surface area (Å²) in [7, 11) is 4.06. The third kappa shape index (κ3) is 2.62. The Morgan fingerprint density at radius 2 is 2.44 bits per heavy atom. The van der Waals surface area contributed by atoms with Gasteiger partial charge in [0, 0.05) is 44.5 Å². The Bertz CT molecular complexity index is 321. The van der Waals surface area contributed by atoms with E-state index in [-0.39, 0.29) is 0 Å². The molecule has 1 aromatic heterocycles. The van der Waals surface area contributed by atoms with Gasteiger partial charge in [-0.1, -0.05) is 0 Å². The quantitative estimate of drug-likeness (QED) is 0.794. The second-order valence-corrected chi connectivity index (χ2v) is 4.59. The van der Waals surface area contributed by atoms with Gasteiger partial charge in [0.25, 0.3) is 0 Å². The lowest BCUT2D eigenvalue weighted by molar-refractivity contribution is 0.252. The lowest BCUT2D eigenvalue weighted by Crippen LogP contribution is -2.38. The van der Waals surface area contributed by atoms with Crippen LogP contribution in [0, 0.1) is 0 Å². The monoisotopic (exact) mass is 222 g/mol. The number of aromatic nitrogens is 2. The Kier molecular flexibility index (Phi) is 3.96. The number of aryl methyl sites for hydroxylation is 1. The molecule has 1 aliphatic heterocycles. The van der Waals surface area contributed by atoms with E-state index in [1.54, 1.807) is 0 Å². The van der Waals surface area contributed by atoms with Crippen LogP contribution in [0.4, 0.5) is 0 Å². The first-order valence-corrected chi connectivity index (χ1v) is 6.17. The minimum absolute atomic E-state index is 0.734. The summed E-state index contributed by atoms with van der Waals surface area (Å²) in [5, 5.41) is 7.49. The number of nitrogens with zero attached hydrogens (tertiary/aromatic N) is 3. The normalized spacial score (nSPS) is 21.8. The minimum Gasteiger partial charge on any atom is -0.318 e. The molecular formula is C12H22N4. The molecule has 1 N–H and O–H groups in total. The highest BCUT2D eigenvalue weighted by Gasteiger charge is 2.23. The van der Waals surface area contributed by atoms with Gasteiger partial charge in [0.05, 0.1) is 0 Å². The van der Waals surface area contributed by atoms with Crippen LogP contribution in [-0.4, -0.2) is 47.4 Å². The van der Waals surface area contributed by atoms with Crippen molar-refractivity contribution in [2.24, 2.45) is 7.05 Å². The van der Waals surface area contributed by atoms with E-state index in [1.807, 2.05) is 25.0 Å². The lowest BCUT2D eigenvalue weighted by atomic mass is 10.2. The lowest BCUT2D eigenvalue weighted by Gasteiger charge is -2.24. The fourth-order valence-corrected chi connectivity index (χ4v) is 2.56. The molecule has 2 rings (SSSR count). The molecule has 2 heterocycles. The number of likely N-dealkylation sites (N-methyl/N-ethyl adjacent to an activating group) is 1. The summed E-state index contributed by atoms with van der Waals surface area (Å²) in [5.41, 5.74) is 1.33. The Hall–Kier alpha value is -0.870. The van der Waals surface area contributed by atoms with Crippen LogP contribution in [-0.2, 0) is 13.5 Å². The number of hydrogen-bond donors (Lipinski definition) is 1. The van der Waals surface area contributed by atoms with Gasteiger partial charge in [-0.2, -0.15) is 5.10 Å². The largest absolute Gasteiger partial charge is 0.318 e. The predicted octanol–water partition coefficient (Wildman–Crippen LogP) is 0.646. The molecule has 0 aliphatic carbocycles. The average Bonchev–Trinajstić information content (AvgIpc) is 2.86. The molecular weight excluding hydrogens is 200 g/mol. The summed E-state index contributed by atoms with van der Waals surface area (Å²) >= 11 is 0. The van der Waals surface area contributed by atoms with Gasteiger partial charge in [-0.3, -0.25) is 9.58 Å². The molecule has 4 nitrogen and oxygen atoms in total. The average molecular weight is 222 g/mol. The van der Waals surface area contributed by atoms with Gasteiger partial charge < -0.3 is 5.32 Å². The van der Waals surface area contributed by atoms with Gasteiger partial charge in [-0.05, 0) is 32.5 Å². The van der Waals surface area contributed by atoms with Crippen molar-refractivity contribution in [1.29, 1.82) is 0 Å².